The van der Waals surface area contributed by atoms with Crippen LogP contribution in [0, 0.1) is 0 Å². The van der Waals surface area contributed by atoms with Crippen molar-refractivity contribution in [2.75, 3.05) is 10.6 Å². The fourth-order valence-corrected chi connectivity index (χ4v) is 2.19. The van der Waals surface area contributed by atoms with E-state index in [0.717, 1.165) is 11.0 Å². The third-order valence-electron chi connectivity index (χ3n) is 3.13. The van der Waals surface area contributed by atoms with Gasteiger partial charge in [-0.15, -0.1) is 5.10 Å². The van der Waals surface area contributed by atoms with E-state index in [1.54, 1.807) is 24.3 Å². The summed E-state index contributed by atoms with van der Waals surface area (Å²) >= 11 is 0. The molecule has 0 aliphatic carbocycles. The number of nitrogens with zero attached hydrogens (tertiary/aromatic N) is 3. The molecule has 0 radical (unpaired) electrons. The first-order valence-corrected chi connectivity index (χ1v) is 6.86. The topological polar surface area (TPSA) is 115 Å². The molecule has 0 atom stereocenters. The highest BCUT2D eigenvalue weighted by atomic mass is 16.2. The first kappa shape index (κ1) is 14.5. The molecule has 0 fully saturated rings. The van der Waals surface area contributed by atoms with Gasteiger partial charge in [-0.2, -0.15) is 0 Å². The molecule has 116 valence electrons. The second-order valence-corrected chi connectivity index (χ2v) is 4.85. The van der Waals surface area contributed by atoms with Gasteiger partial charge in [0.1, 0.15) is 12.1 Å². The van der Waals surface area contributed by atoms with Gasteiger partial charge in [-0.3, -0.25) is 4.79 Å². The van der Waals surface area contributed by atoms with Gasteiger partial charge in [-0.25, -0.2) is 9.48 Å². The van der Waals surface area contributed by atoms with E-state index in [-0.39, 0.29) is 12.5 Å². The number of primary amides is 1. The van der Waals surface area contributed by atoms with E-state index in [1.165, 1.54) is 4.68 Å². The third-order valence-corrected chi connectivity index (χ3v) is 3.13. The molecule has 23 heavy (non-hydrogen) atoms. The van der Waals surface area contributed by atoms with Crippen molar-refractivity contribution in [3.8, 4) is 0 Å². The second-order valence-electron chi connectivity index (χ2n) is 4.85. The fraction of sp³-hybridized carbons (Fsp3) is 0.0667. The van der Waals surface area contributed by atoms with E-state index in [2.05, 4.69) is 20.9 Å². The lowest BCUT2D eigenvalue weighted by Crippen LogP contribution is -2.21. The normalized spacial score (nSPS) is 10.4. The van der Waals surface area contributed by atoms with Crippen LogP contribution < -0.4 is 16.4 Å². The molecule has 2 aromatic carbocycles. The van der Waals surface area contributed by atoms with Crippen molar-refractivity contribution in [3.05, 3.63) is 48.5 Å². The zero-order chi connectivity index (χ0) is 16.2. The van der Waals surface area contributed by atoms with Crippen molar-refractivity contribution in [1.82, 2.24) is 15.0 Å². The van der Waals surface area contributed by atoms with Crippen LogP contribution in [0.15, 0.2) is 48.5 Å². The Morgan fingerprint density at radius 3 is 2.57 bits per heavy atom. The SMILES string of the molecule is NC(=O)Nc1cccc(NC(=O)Cn2nnc3ccccc32)c1. The van der Waals surface area contributed by atoms with Gasteiger partial charge in [0.2, 0.25) is 5.91 Å². The van der Waals surface area contributed by atoms with Crippen LogP contribution in [-0.2, 0) is 11.3 Å². The highest BCUT2D eigenvalue weighted by Crippen LogP contribution is 2.15. The van der Waals surface area contributed by atoms with E-state index in [0.29, 0.717) is 11.4 Å². The minimum absolute atomic E-state index is 0.0357. The number of nitrogens with one attached hydrogen (secondary N) is 2. The van der Waals surface area contributed by atoms with E-state index >= 15 is 0 Å². The van der Waals surface area contributed by atoms with Crippen LogP contribution in [0.3, 0.4) is 0 Å². The van der Waals surface area contributed by atoms with Gasteiger partial charge in [0.15, 0.2) is 0 Å². The molecule has 0 aliphatic heterocycles. The average molecular weight is 310 g/mol. The zero-order valence-corrected chi connectivity index (χ0v) is 12.1. The lowest BCUT2D eigenvalue weighted by molar-refractivity contribution is -0.116. The minimum atomic E-state index is -0.664. The van der Waals surface area contributed by atoms with E-state index in [9.17, 15) is 9.59 Å². The van der Waals surface area contributed by atoms with Crippen molar-refractivity contribution in [2.24, 2.45) is 5.73 Å². The molecule has 3 amide bonds. The van der Waals surface area contributed by atoms with Crippen LogP contribution in [0.1, 0.15) is 0 Å². The summed E-state index contributed by atoms with van der Waals surface area (Å²) in [5.74, 6) is -0.253. The summed E-state index contributed by atoms with van der Waals surface area (Å²) in [6, 6.07) is 13.4. The van der Waals surface area contributed by atoms with Crippen molar-refractivity contribution >= 4 is 34.3 Å². The van der Waals surface area contributed by atoms with Crippen LogP contribution in [0.2, 0.25) is 0 Å². The van der Waals surface area contributed by atoms with Gasteiger partial charge in [-0.05, 0) is 30.3 Å². The molecule has 0 bridgehead atoms. The van der Waals surface area contributed by atoms with Crippen molar-refractivity contribution in [3.63, 3.8) is 0 Å². The Morgan fingerprint density at radius 2 is 1.78 bits per heavy atom. The summed E-state index contributed by atoms with van der Waals surface area (Å²) < 4.78 is 1.52. The van der Waals surface area contributed by atoms with E-state index in [4.69, 9.17) is 5.73 Å². The summed E-state index contributed by atoms with van der Waals surface area (Å²) in [5.41, 5.74) is 7.63. The Bertz CT molecular complexity index is 873. The summed E-state index contributed by atoms with van der Waals surface area (Å²) in [6.45, 7) is 0.0357. The van der Waals surface area contributed by atoms with Crippen LogP contribution in [0.25, 0.3) is 11.0 Å². The molecular formula is C15H14N6O2. The molecule has 0 unspecified atom stereocenters. The maximum absolute atomic E-state index is 12.1. The number of rotatable bonds is 4. The molecule has 0 aliphatic rings. The number of carbonyl (C=O) groups excluding carboxylic acids is 2. The molecule has 8 heteroatoms. The predicted octanol–water partition coefficient (Wildman–Crippen LogP) is 1.56. The van der Waals surface area contributed by atoms with Gasteiger partial charge in [0.05, 0.1) is 5.52 Å². The van der Waals surface area contributed by atoms with Crippen LogP contribution in [0.4, 0.5) is 16.2 Å². The van der Waals surface area contributed by atoms with Crippen molar-refractivity contribution in [1.29, 1.82) is 0 Å². The summed E-state index contributed by atoms with van der Waals surface area (Å²) in [4.78, 5) is 23.0. The molecule has 4 N–H and O–H groups in total. The maximum atomic E-state index is 12.1. The standard InChI is InChI=1S/C15H14N6O2/c16-15(23)18-11-5-3-4-10(8-11)17-14(22)9-21-13-7-2-1-6-12(13)19-20-21/h1-8H,9H2,(H,17,22)(H3,16,18,23). The number of nitrogens with two attached hydrogens (primary N) is 1. The summed E-state index contributed by atoms with van der Waals surface area (Å²) in [7, 11) is 0. The number of para-hydroxylation sites is 1. The third kappa shape index (κ3) is 3.43. The first-order valence-electron chi connectivity index (χ1n) is 6.86. The number of carbonyl (C=O) groups is 2. The minimum Gasteiger partial charge on any atom is -0.351 e. The Kier molecular flexibility index (Phi) is 3.88. The molecule has 1 aromatic heterocycles. The average Bonchev–Trinajstić information content (AvgIpc) is 2.90. The molecule has 8 nitrogen and oxygen atoms in total. The Morgan fingerprint density at radius 1 is 1.04 bits per heavy atom. The number of fused-ring (bicyclic) bond motifs is 1. The number of aromatic nitrogens is 3. The van der Waals surface area contributed by atoms with Crippen LogP contribution >= 0.6 is 0 Å². The molecule has 3 aromatic rings. The monoisotopic (exact) mass is 310 g/mol. The number of anilines is 2. The molecular weight excluding hydrogens is 296 g/mol. The first-order chi connectivity index (χ1) is 11.1. The number of urea groups is 1. The molecule has 0 saturated heterocycles. The van der Waals surface area contributed by atoms with Crippen LogP contribution in [0.5, 0.6) is 0 Å². The molecule has 1 heterocycles. The Hall–Kier alpha value is -3.42. The van der Waals surface area contributed by atoms with Gasteiger partial charge in [-0.1, -0.05) is 23.4 Å². The van der Waals surface area contributed by atoms with Crippen molar-refractivity contribution in [2.45, 2.75) is 6.54 Å². The summed E-state index contributed by atoms with van der Waals surface area (Å²) in [5, 5.41) is 13.2. The Labute approximate surface area is 131 Å². The molecule has 0 saturated carbocycles. The highest BCUT2D eigenvalue weighted by molar-refractivity contribution is 5.93. The van der Waals surface area contributed by atoms with E-state index in [1.807, 2.05) is 24.3 Å². The predicted molar refractivity (Wildman–Crippen MR) is 85.8 cm³/mol. The number of amides is 3. The molecule has 3 rings (SSSR count). The lowest BCUT2D eigenvalue weighted by Gasteiger charge is -2.08. The van der Waals surface area contributed by atoms with Gasteiger partial charge < -0.3 is 16.4 Å². The number of hydrogen-bond donors (Lipinski definition) is 3. The van der Waals surface area contributed by atoms with E-state index < -0.39 is 6.03 Å². The van der Waals surface area contributed by atoms with Crippen molar-refractivity contribution < 1.29 is 9.59 Å². The second kappa shape index (κ2) is 6.14. The highest BCUT2D eigenvalue weighted by Gasteiger charge is 2.09. The lowest BCUT2D eigenvalue weighted by atomic mass is 10.2. The number of benzene rings is 2. The smallest absolute Gasteiger partial charge is 0.316 e. The largest absolute Gasteiger partial charge is 0.351 e. The van der Waals surface area contributed by atoms with Crippen LogP contribution in [-0.4, -0.2) is 26.9 Å². The zero-order valence-electron chi connectivity index (χ0n) is 12.1. The fourth-order valence-electron chi connectivity index (χ4n) is 2.19. The number of hydrogen-bond acceptors (Lipinski definition) is 4. The quantitative estimate of drug-likeness (QED) is 0.678. The Balaban J connectivity index is 1.71. The van der Waals surface area contributed by atoms with Gasteiger partial charge in [0, 0.05) is 11.4 Å². The van der Waals surface area contributed by atoms with Gasteiger partial charge >= 0.3 is 6.03 Å². The maximum Gasteiger partial charge on any atom is 0.316 e. The van der Waals surface area contributed by atoms with Gasteiger partial charge in [0.25, 0.3) is 0 Å². The molecule has 0 spiro atoms. The summed E-state index contributed by atoms with van der Waals surface area (Å²) in [6.07, 6.45) is 0.